The van der Waals surface area contributed by atoms with Crippen molar-refractivity contribution in [3.63, 3.8) is 0 Å². The summed E-state index contributed by atoms with van der Waals surface area (Å²) in [6, 6.07) is 1.37. The number of hydrogen-bond acceptors (Lipinski definition) is 3. The summed E-state index contributed by atoms with van der Waals surface area (Å²) in [7, 11) is 0. The van der Waals surface area contributed by atoms with E-state index in [1.165, 1.54) is 6.07 Å². The molecule has 0 aliphatic rings. The second-order valence-electron chi connectivity index (χ2n) is 2.81. The molecular weight excluding hydrogens is 320 g/mol. The lowest BCUT2D eigenvalue weighted by Crippen LogP contribution is -2.10. The van der Waals surface area contributed by atoms with Gasteiger partial charge in [-0.1, -0.05) is 34.8 Å². The zero-order valence-electron chi connectivity index (χ0n) is 8.11. The monoisotopic (exact) mass is 324 g/mol. The van der Waals surface area contributed by atoms with E-state index in [0.717, 1.165) is 0 Å². The first kappa shape index (κ1) is 15.0. The van der Waals surface area contributed by atoms with Crippen LogP contribution in [0.3, 0.4) is 0 Å². The van der Waals surface area contributed by atoms with Gasteiger partial charge in [0.15, 0.2) is 0 Å². The van der Waals surface area contributed by atoms with Gasteiger partial charge in [-0.05, 0) is 17.8 Å². The van der Waals surface area contributed by atoms with Crippen molar-refractivity contribution >= 4 is 52.4 Å². The van der Waals surface area contributed by atoms with Gasteiger partial charge in [-0.2, -0.15) is 13.2 Å². The fourth-order valence-electron chi connectivity index (χ4n) is 0.904. The largest absolute Gasteiger partial charge is 0.441 e. The first-order chi connectivity index (χ1) is 7.79. The summed E-state index contributed by atoms with van der Waals surface area (Å²) in [6.07, 6.45) is 0. The van der Waals surface area contributed by atoms with E-state index in [-0.39, 0.29) is 45.1 Å². The van der Waals surface area contributed by atoms with Gasteiger partial charge in [0.2, 0.25) is 0 Å². The molecular formula is C8H6Cl3F3N2S. The average molecular weight is 326 g/mol. The minimum atomic E-state index is -4.24. The van der Waals surface area contributed by atoms with Gasteiger partial charge in [-0.3, -0.25) is 0 Å². The van der Waals surface area contributed by atoms with E-state index >= 15 is 0 Å². The van der Waals surface area contributed by atoms with Crippen LogP contribution in [0.4, 0.5) is 19.0 Å². The molecule has 0 aliphatic carbocycles. The topological polar surface area (TPSA) is 24.9 Å². The van der Waals surface area contributed by atoms with Gasteiger partial charge in [0, 0.05) is 12.3 Å². The van der Waals surface area contributed by atoms with Gasteiger partial charge in [0.05, 0.1) is 10.0 Å². The van der Waals surface area contributed by atoms with Crippen LogP contribution in [0.5, 0.6) is 0 Å². The zero-order valence-corrected chi connectivity index (χ0v) is 11.2. The third-order valence-corrected chi connectivity index (χ3v) is 3.24. The molecule has 0 aliphatic heterocycles. The molecule has 1 heterocycles. The first-order valence-corrected chi connectivity index (χ1v) is 6.37. The van der Waals surface area contributed by atoms with Crippen LogP contribution < -0.4 is 5.32 Å². The number of halogens is 6. The molecule has 0 radical (unpaired) electrons. The van der Waals surface area contributed by atoms with E-state index in [9.17, 15) is 13.2 Å². The van der Waals surface area contributed by atoms with Crippen molar-refractivity contribution in [1.29, 1.82) is 0 Å². The number of nitrogens with zero attached hydrogens (tertiary/aromatic N) is 1. The maximum atomic E-state index is 11.8. The Morgan fingerprint density at radius 2 is 1.88 bits per heavy atom. The van der Waals surface area contributed by atoms with Gasteiger partial charge >= 0.3 is 5.51 Å². The molecule has 0 atom stereocenters. The van der Waals surface area contributed by atoms with Crippen molar-refractivity contribution in [3.8, 4) is 0 Å². The summed E-state index contributed by atoms with van der Waals surface area (Å²) in [5.41, 5.74) is -4.24. The lowest BCUT2D eigenvalue weighted by molar-refractivity contribution is -0.0327. The van der Waals surface area contributed by atoms with Crippen LogP contribution in [0, 0.1) is 0 Å². The minimum absolute atomic E-state index is 0.0436. The lowest BCUT2D eigenvalue weighted by atomic mass is 10.4. The summed E-state index contributed by atoms with van der Waals surface area (Å²) in [4.78, 5) is 3.81. The molecule has 1 aromatic heterocycles. The molecule has 1 aromatic rings. The number of pyridine rings is 1. The Morgan fingerprint density at radius 3 is 2.47 bits per heavy atom. The molecule has 0 aromatic carbocycles. The van der Waals surface area contributed by atoms with Crippen LogP contribution in [0.25, 0.3) is 0 Å². The third-order valence-electron chi connectivity index (χ3n) is 1.55. The SMILES string of the molecule is FC(F)(F)SCCNc1nc(Cl)c(Cl)cc1Cl. The van der Waals surface area contributed by atoms with E-state index in [0.29, 0.717) is 0 Å². The highest BCUT2D eigenvalue weighted by Gasteiger charge is 2.27. The summed E-state index contributed by atoms with van der Waals surface area (Å²) in [5.74, 6) is 0.0609. The number of thioether (sulfide) groups is 1. The number of hydrogen-bond donors (Lipinski definition) is 1. The van der Waals surface area contributed by atoms with Crippen LogP contribution in [-0.2, 0) is 0 Å². The number of rotatable bonds is 4. The molecule has 1 rings (SSSR count). The second kappa shape index (κ2) is 6.22. The molecule has 0 saturated carbocycles. The summed E-state index contributed by atoms with van der Waals surface area (Å²) < 4.78 is 35.5. The summed E-state index contributed by atoms with van der Waals surface area (Å²) in [5, 5.41) is 3.08. The van der Waals surface area contributed by atoms with Gasteiger partial charge < -0.3 is 5.32 Å². The van der Waals surface area contributed by atoms with E-state index in [1.54, 1.807) is 0 Å². The fraction of sp³-hybridized carbons (Fsp3) is 0.375. The molecule has 1 N–H and O–H groups in total. The smallest absolute Gasteiger partial charge is 0.368 e. The van der Waals surface area contributed by atoms with Crippen LogP contribution in [-0.4, -0.2) is 22.8 Å². The highest BCUT2D eigenvalue weighted by atomic mass is 35.5. The van der Waals surface area contributed by atoms with Gasteiger partial charge in [0.25, 0.3) is 0 Å². The molecule has 0 saturated heterocycles. The minimum Gasteiger partial charge on any atom is -0.368 e. The fourth-order valence-corrected chi connectivity index (χ4v) is 1.90. The molecule has 17 heavy (non-hydrogen) atoms. The Labute approximate surface area is 115 Å². The summed E-state index contributed by atoms with van der Waals surface area (Å²) in [6.45, 7) is 0.0643. The maximum absolute atomic E-state index is 11.8. The summed E-state index contributed by atoms with van der Waals surface area (Å²) >= 11 is 16.9. The maximum Gasteiger partial charge on any atom is 0.441 e. The van der Waals surface area contributed by atoms with E-state index < -0.39 is 5.51 Å². The molecule has 0 amide bonds. The van der Waals surface area contributed by atoms with Crippen molar-refractivity contribution in [2.24, 2.45) is 0 Å². The Hall–Kier alpha value is -0.0400. The van der Waals surface area contributed by atoms with Crippen molar-refractivity contribution in [3.05, 3.63) is 21.3 Å². The Kier molecular flexibility index (Phi) is 5.50. The van der Waals surface area contributed by atoms with Gasteiger partial charge in [-0.15, -0.1) is 0 Å². The normalized spacial score (nSPS) is 11.6. The number of aromatic nitrogens is 1. The molecule has 9 heteroatoms. The van der Waals surface area contributed by atoms with E-state index in [2.05, 4.69) is 10.3 Å². The third kappa shape index (κ3) is 5.42. The highest BCUT2D eigenvalue weighted by molar-refractivity contribution is 8.00. The van der Waals surface area contributed by atoms with E-state index in [1.807, 2.05) is 0 Å². The van der Waals surface area contributed by atoms with Crippen molar-refractivity contribution in [1.82, 2.24) is 4.98 Å². The number of alkyl halides is 3. The quantitative estimate of drug-likeness (QED) is 0.641. The highest BCUT2D eigenvalue weighted by Crippen LogP contribution is 2.31. The average Bonchev–Trinajstić information content (AvgIpc) is 2.18. The molecule has 2 nitrogen and oxygen atoms in total. The standard InChI is InChI=1S/C8H6Cl3F3N2S/c9-4-3-5(10)7(16-6(4)11)15-1-2-17-8(12,13)14/h3H,1-2H2,(H,15,16). The van der Waals surface area contributed by atoms with Gasteiger partial charge in [0.1, 0.15) is 11.0 Å². The van der Waals surface area contributed by atoms with Crippen LogP contribution in [0.1, 0.15) is 0 Å². The Morgan fingerprint density at radius 1 is 1.24 bits per heavy atom. The van der Waals surface area contributed by atoms with Crippen LogP contribution in [0.15, 0.2) is 6.07 Å². The number of nitrogens with one attached hydrogen (secondary N) is 1. The molecule has 0 fully saturated rings. The van der Waals surface area contributed by atoms with Crippen molar-refractivity contribution < 1.29 is 13.2 Å². The Balaban J connectivity index is 2.50. The van der Waals surface area contributed by atoms with E-state index in [4.69, 9.17) is 34.8 Å². The molecule has 0 spiro atoms. The zero-order chi connectivity index (χ0) is 13.1. The van der Waals surface area contributed by atoms with Crippen LogP contribution >= 0.6 is 46.6 Å². The second-order valence-corrected chi connectivity index (χ2v) is 5.14. The predicted molar refractivity (Wildman–Crippen MR) is 66.3 cm³/mol. The van der Waals surface area contributed by atoms with Crippen LogP contribution in [0.2, 0.25) is 15.2 Å². The lowest BCUT2D eigenvalue weighted by Gasteiger charge is -2.09. The molecule has 0 bridgehead atoms. The number of anilines is 1. The first-order valence-electron chi connectivity index (χ1n) is 4.25. The molecule has 96 valence electrons. The molecule has 0 unspecified atom stereocenters. The van der Waals surface area contributed by atoms with Crippen molar-refractivity contribution in [2.75, 3.05) is 17.6 Å². The van der Waals surface area contributed by atoms with Crippen molar-refractivity contribution in [2.45, 2.75) is 5.51 Å². The van der Waals surface area contributed by atoms with Gasteiger partial charge in [-0.25, -0.2) is 4.98 Å². The predicted octanol–water partition coefficient (Wildman–Crippen LogP) is 4.71. The Bertz CT molecular complexity index is 400.